The molecular weight excluding hydrogens is 373 g/mol. The highest BCUT2D eigenvalue weighted by Crippen LogP contribution is 2.30. The first kappa shape index (κ1) is 18.2. The summed E-state index contributed by atoms with van der Waals surface area (Å²) < 4.78 is 39.7. The van der Waals surface area contributed by atoms with Gasteiger partial charge in [-0.3, -0.25) is 9.69 Å². The lowest BCUT2D eigenvalue weighted by Crippen LogP contribution is -2.47. The number of piperazine rings is 1. The molecule has 2 aromatic heterocycles. The molecule has 1 saturated heterocycles. The lowest BCUT2D eigenvalue weighted by molar-refractivity contribution is -0.137. The first-order chi connectivity index (χ1) is 13.4. The molecule has 4 rings (SSSR count). The van der Waals surface area contributed by atoms with Gasteiger partial charge in [0.05, 0.1) is 17.8 Å². The van der Waals surface area contributed by atoms with Crippen LogP contribution in [-0.2, 0) is 17.5 Å². The summed E-state index contributed by atoms with van der Waals surface area (Å²) in [5.74, 6) is 0.269. The molecule has 146 valence electrons. The van der Waals surface area contributed by atoms with Crippen LogP contribution in [0.3, 0.4) is 0 Å². The summed E-state index contributed by atoms with van der Waals surface area (Å²) in [5.41, 5.74) is 1.21. The zero-order valence-corrected chi connectivity index (χ0v) is 14.7. The summed E-state index contributed by atoms with van der Waals surface area (Å²) in [4.78, 5) is 17.9. The van der Waals surface area contributed by atoms with E-state index >= 15 is 0 Å². The average Bonchev–Trinajstić information content (AvgIpc) is 3.05. The van der Waals surface area contributed by atoms with Crippen LogP contribution in [0.1, 0.15) is 11.3 Å². The van der Waals surface area contributed by atoms with Gasteiger partial charge in [0.2, 0.25) is 11.9 Å². The number of rotatable bonds is 4. The minimum absolute atomic E-state index is 0.0123. The molecule has 10 heteroatoms. The van der Waals surface area contributed by atoms with Gasteiger partial charge < -0.3 is 10.6 Å². The Bertz CT molecular complexity index is 999. The Morgan fingerprint density at radius 2 is 1.93 bits per heavy atom. The Morgan fingerprint density at radius 3 is 2.64 bits per heavy atom. The van der Waals surface area contributed by atoms with Crippen molar-refractivity contribution in [1.29, 1.82) is 0 Å². The van der Waals surface area contributed by atoms with E-state index in [4.69, 9.17) is 0 Å². The summed E-state index contributed by atoms with van der Waals surface area (Å²) in [6, 6.07) is 10.2. The van der Waals surface area contributed by atoms with E-state index in [1.54, 1.807) is 10.6 Å². The number of hydrogen-bond acceptors (Lipinski definition) is 5. The minimum Gasteiger partial charge on any atom is -0.354 e. The topological polar surface area (TPSA) is 74.6 Å². The summed E-state index contributed by atoms with van der Waals surface area (Å²) in [5, 5.41) is 10.1. The van der Waals surface area contributed by atoms with Crippen molar-refractivity contribution in [3.05, 3.63) is 53.7 Å². The number of nitrogens with zero attached hydrogens (tertiary/aromatic N) is 4. The number of aromatic nitrogens is 3. The van der Waals surface area contributed by atoms with Crippen molar-refractivity contribution in [3.63, 3.8) is 0 Å². The molecule has 0 atom stereocenters. The first-order valence-electron chi connectivity index (χ1n) is 8.66. The fourth-order valence-corrected chi connectivity index (χ4v) is 3.06. The SMILES string of the molecule is O=C1CN(Cc2cccc3nc(Nc4ccc(C(F)(F)F)cc4)nn23)CCN1. The van der Waals surface area contributed by atoms with Crippen LogP contribution in [0.25, 0.3) is 5.65 Å². The normalized spacial score (nSPS) is 15.6. The molecule has 28 heavy (non-hydrogen) atoms. The van der Waals surface area contributed by atoms with Crippen LogP contribution < -0.4 is 10.6 Å². The summed E-state index contributed by atoms with van der Waals surface area (Å²) in [6.07, 6.45) is -4.37. The van der Waals surface area contributed by atoms with Crippen molar-refractivity contribution in [2.75, 3.05) is 25.0 Å². The summed E-state index contributed by atoms with van der Waals surface area (Å²) in [7, 11) is 0. The molecule has 2 N–H and O–H groups in total. The maximum atomic E-state index is 12.7. The second kappa shape index (κ2) is 7.12. The highest BCUT2D eigenvalue weighted by Gasteiger charge is 2.30. The average molecular weight is 390 g/mol. The monoisotopic (exact) mass is 390 g/mol. The fourth-order valence-electron chi connectivity index (χ4n) is 3.06. The molecule has 3 heterocycles. The summed E-state index contributed by atoms with van der Waals surface area (Å²) >= 11 is 0. The van der Waals surface area contributed by atoms with Gasteiger partial charge in [-0.1, -0.05) is 6.07 Å². The fraction of sp³-hybridized carbons (Fsp3) is 0.278. The maximum absolute atomic E-state index is 12.7. The van der Waals surface area contributed by atoms with E-state index in [-0.39, 0.29) is 11.9 Å². The number of amides is 1. The van der Waals surface area contributed by atoms with Gasteiger partial charge in [-0.05, 0) is 36.4 Å². The van der Waals surface area contributed by atoms with Crippen molar-refractivity contribution in [3.8, 4) is 0 Å². The zero-order chi connectivity index (χ0) is 19.7. The van der Waals surface area contributed by atoms with Crippen LogP contribution in [0.15, 0.2) is 42.5 Å². The van der Waals surface area contributed by atoms with Crippen LogP contribution in [0, 0.1) is 0 Å². The minimum atomic E-state index is -4.37. The van der Waals surface area contributed by atoms with Gasteiger partial charge in [0.25, 0.3) is 0 Å². The quantitative estimate of drug-likeness (QED) is 0.716. The molecule has 0 unspecified atom stereocenters. The lowest BCUT2D eigenvalue weighted by Gasteiger charge is -2.26. The standard InChI is InChI=1S/C18H17F3N6O/c19-18(20,21)12-4-6-13(7-5-12)23-17-24-15-3-1-2-14(27(15)25-17)10-26-9-8-22-16(28)11-26/h1-7H,8-11H2,(H,22,28)(H,23,25). The Kier molecular flexibility index (Phi) is 4.63. The molecule has 1 aliphatic heterocycles. The van der Waals surface area contributed by atoms with E-state index in [2.05, 4.69) is 20.7 Å². The number of pyridine rings is 1. The van der Waals surface area contributed by atoms with E-state index in [1.165, 1.54) is 12.1 Å². The second-order valence-electron chi connectivity index (χ2n) is 6.48. The molecule has 0 radical (unpaired) electrons. The van der Waals surface area contributed by atoms with Crippen LogP contribution in [0.4, 0.5) is 24.8 Å². The van der Waals surface area contributed by atoms with Gasteiger partial charge in [-0.25, -0.2) is 4.52 Å². The Morgan fingerprint density at radius 1 is 1.14 bits per heavy atom. The van der Waals surface area contributed by atoms with Crippen LogP contribution >= 0.6 is 0 Å². The van der Waals surface area contributed by atoms with E-state index in [1.807, 2.05) is 17.0 Å². The molecule has 7 nitrogen and oxygen atoms in total. The molecule has 0 saturated carbocycles. The van der Waals surface area contributed by atoms with Crippen molar-refractivity contribution in [2.45, 2.75) is 12.7 Å². The number of carbonyl (C=O) groups excluding carboxylic acids is 1. The van der Waals surface area contributed by atoms with E-state index in [9.17, 15) is 18.0 Å². The molecule has 1 fully saturated rings. The number of halogens is 3. The van der Waals surface area contributed by atoms with Crippen molar-refractivity contribution in [1.82, 2.24) is 24.8 Å². The molecule has 1 amide bonds. The van der Waals surface area contributed by atoms with Gasteiger partial charge in [-0.15, -0.1) is 5.10 Å². The van der Waals surface area contributed by atoms with E-state index in [0.717, 1.165) is 24.4 Å². The van der Waals surface area contributed by atoms with Gasteiger partial charge in [0.15, 0.2) is 5.65 Å². The lowest BCUT2D eigenvalue weighted by atomic mass is 10.2. The Labute approximate surface area is 158 Å². The summed E-state index contributed by atoms with van der Waals surface area (Å²) in [6.45, 7) is 2.20. The third kappa shape index (κ3) is 3.91. The number of fused-ring (bicyclic) bond motifs is 1. The second-order valence-corrected chi connectivity index (χ2v) is 6.48. The van der Waals surface area contributed by atoms with Crippen LogP contribution in [-0.4, -0.2) is 45.0 Å². The molecule has 0 aliphatic carbocycles. The maximum Gasteiger partial charge on any atom is 0.416 e. The van der Waals surface area contributed by atoms with Gasteiger partial charge in [0.1, 0.15) is 0 Å². The molecule has 0 spiro atoms. The third-order valence-electron chi connectivity index (χ3n) is 4.41. The Hall–Kier alpha value is -3.14. The Balaban J connectivity index is 1.54. The molecular formula is C18H17F3N6O. The molecule has 0 bridgehead atoms. The van der Waals surface area contributed by atoms with Crippen LogP contribution in [0.2, 0.25) is 0 Å². The number of alkyl halides is 3. The predicted molar refractivity (Wildman–Crippen MR) is 96.0 cm³/mol. The molecule has 1 aliphatic rings. The van der Waals surface area contributed by atoms with Crippen molar-refractivity contribution < 1.29 is 18.0 Å². The predicted octanol–water partition coefficient (Wildman–Crippen LogP) is 2.42. The number of nitrogens with one attached hydrogen (secondary N) is 2. The zero-order valence-electron chi connectivity index (χ0n) is 14.7. The molecule has 3 aromatic rings. The number of carbonyl (C=O) groups is 1. The van der Waals surface area contributed by atoms with Crippen LogP contribution in [0.5, 0.6) is 0 Å². The molecule has 1 aromatic carbocycles. The highest BCUT2D eigenvalue weighted by molar-refractivity contribution is 5.78. The van der Waals surface area contributed by atoms with Crippen molar-refractivity contribution >= 4 is 23.2 Å². The third-order valence-corrected chi connectivity index (χ3v) is 4.41. The first-order valence-corrected chi connectivity index (χ1v) is 8.66. The van der Waals surface area contributed by atoms with Gasteiger partial charge in [0, 0.05) is 25.3 Å². The van der Waals surface area contributed by atoms with E-state index in [0.29, 0.717) is 31.0 Å². The number of hydrogen-bond donors (Lipinski definition) is 2. The van der Waals surface area contributed by atoms with Crippen molar-refractivity contribution in [2.24, 2.45) is 0 Å². The highest BCUT2D eigenvalue weighted by atomic mass is 19.4. The number of anilines is 2. The van der Waals surface area contributed by atoms with Gasteiger partial charge in [-0.2, -0.15) is 18.2 Å². The number of benzene rings is 1. The largest absolute Gasteiger partial charge is 0.416 e. The smallest absolute Gasteiger partial charge is 0.354 e. The van der Waals surface area contributed by atoms with Gasteiger partial charge >= 0.3 is 6.18 Å². The van der Waals surface area contributed by atoms with E-state index < -0.39 is 11.7 Å².